The number of Topliss-reactive ketones (excluding diaryl/α,β-unsaturated/α-hetero) is 1. The minimum atomic E-state index is -0.422. The van der Waals surface area contributed by atoms with Gasteiger partial charge in [0.25, 0.3) is 0 Å². The molecule has 0 aromatic heterocycles. The number of halogens is 1. The zero-order valence-corrected chi connectivity index (χ0v) is 6.75. The molecule has 0 fully saturated rings. The van der Waals surface area contributed by atoms with Crippen LogP contribution in [-0.4, -0.2) is 18.4 Å². The summed E-state index contributed by atoms with van der Waals surface area (Å²) < 4.78 is 4.55. The molecule has 0 atom stereocenters. The average Bonchev–Trinajstić information content (AvgIpc) is 1.88. The summed E-state index contributed by atoms with van der Waals surface area (Å²) in [5.74, 6) is -0.493. The van der Waals surface area contributed by atoms with Gasteiger partial charge in [0.2, 0.25) is 0 Å². The summed E-state index contributed by atoms with van der Waals surface area (Å²) in [6.07, 6.45) is 0.323. The minimum Gasteiger partial charge on any atom is -0.466 e. The SMILES string of the molecule is CCOC(=O)CC(=O)CC.F. The fraction of sp³-hybridized carbons (Fsp3) is 0.714. The largest absolute Gasteiger partial charge is 0.466 e. The molecule has 3 nitrogen and oxygen atoms in total. The van der Waals surface area contributed by atoms with Crippen LogP contribution in [0.15, 0.2) is 0 Å². The average molecular weight is 164 g/mol. The molecule has 0 aliphatic heterocycles. The summed E-state index contributed by atoms with van der Waals surface area (Å²) in [6.45, 7) is 3.78. The summed E-state index contributed by atoms with van der Waals surface area (Å²) >= 11 is 0. The highest BCUT2D eigenvalue weighted by molar-refractivity contribution is 5.95. The van der Waals surface area contributed by atoms with Crippen LogP contribution in [0.3, 0.4) is 0 Å². The van der Waals surface area contributed by atoms with Gasteiger partial charge in [0.1, 0.15) is 12.2 Å². The van der Waals surface area contributed by atoms with E-state index in [0.717, 1.165) is 0 Å². The van der Waals surface area contributed by atoms with Crippen molar-refractivity contribution >= 4 is 11.8 Å². The second-order valence-electron chi connectivity index (χ2n) is 1.87. The molecule has 0 rings (SSSR count). The number of carbonyl (C=O) groups excluding carboxylic acids is 2. The molecule has 66 valence electrons. The highest BCUT2D eigenvalue weighted by atomic mass is 19.0. The van der Waals surface area contributed by atoms with Crippen molar-refractivity contribution in [3.05, 3.63) is 0 Å². The lowest BCUT2D eigenvalue weighted by atomic mass is 10.2. The minimum absolute atomic E-state index is 0. The van der Waals surface area contributed by atoms with Gasteiger partial charge in [-0.3, -0.25) is 14.3 Å². The van der Waals surface area contributed by atoms with Gasteiger partial charge in [-0.05, 0) is 6.92 Å². The molecule has 0 spiro atoms. The zero-order valence-electron chi connectivity index (χ0n) is 6.75. The van der Waals surface area contributed by atoms with E-state index in [1.165, 1.54) is 0 Å². The second-order valence-corrected chi connectivity index (χ2v) is 1.87. The smallest absolute Gasteiger partial charge is 0.313 e. The molecule has 0 heterocycles. The highest BCUT2D eigenvalue weighted by Crippen LogP contribution is 1.91. The van der Waals surface area contributed by atoms with E-state index in [4.69, 9.17) is 0 Å². The van der Waals surface area contributed by atoms with E-state index in [2.05, 4.69) is 4.74 Å². The Hall–Kier alpha value is -0.930. The normalized spacial score (nSPS) is 8.18. The summed E-state index contributed by atoms with van der Waals surface area (Å²) in [5, 5.41) is 0. The van der Waals surface area contributed by atoms with Crippen LogP contribution in [0.25, 0.3) is 0 Å². The summed E-state index contributed by atoms with van der Waals surface area (Å²) in [7, 11) is 0. The van der Waals surface area contributed by atoms with Gasteiger partial charge in [-0.1, -0.05) is 6.92 Å². The summed E-state index contributed by atoms with van der Waals surface area (Å²) in [5.41, 5.74) is 0. The van der Waals surface area contributed by atoms with Crippen LogP contribution in [0.4, 0.5) is 4.70 Å². The molecular weight excluding hydrogens is 151 g/mol. The van der Waals surface area contributed by atoms with Crippen LogP contribution in [0, 0.1) is 0 Å². The maximum absolute atomic E-state index is 10.6. The van der Waals surface area contributed by atoms with Crippen molar-refractivity contribution in [3.63, 3.8) is 0 Å². The molecule has 0 N–H and O–H groups in total. The predicted molar refractivity (Wildman–Crippen MR) is 39.1 cm³/mol. The van der Waals surface area contributed by atoms with Crippen molar-refractivity contribution in [2.75, 3.05) is 6.61 Å². The standard InChI is InChI=1S/C7H12O3.FH/c1-3-6(8)5-7(9)10-4-2;/h3-5H2,1-2H3;1H. The third kappa shape index (κ3) is 6.96. The maximum atomic E-state index is 10.6. The van der Waals surface area contributed by atoms with Gasteiger partial charge in [0, 0.05) is 6.42 Å². The molecule has 0 aliphatic rings. The van der Waals surface area contributed by atoms with Gasteiger partial charge in [0.15, 0.2) is 0 Å². The first kappa shape index (κ1) is 12.7. The molecule has 0 aromatic carbocycles. The fourth-order valence-corrected chi connectivity index (χ4v) is 0.498. The Kier molecular flexibility index (Phi) is 8.30. The molecule has 11 heavy (non-hydrogen) atoms. The maximum Gasteiger partial charge on any atom is 0.313 e. The Bertz CT molecular complexity index is 134. The van der Waals surface area contributed by atoms with Gasteiger partial charge >= 0.3 is 5.97 Å². The molecular formula is C7H13FO3. The molecule has 0 radical (unpaired) electrons. The Morgan fingerprint density at radius 3 is 2.18 bits per heavy atom. The van der Waals surface area contributed by atoms with Gasteiger partial charge in [-0.2, -0.15) is 0 Å². The quantitative estimate of drug-likeness (QED) is 0.461. The topological polar surface area (TPSA) is 43.4 Å². The van der Waals surface area contributed by atoms with E-state index in [1.54, 1.807) is 13.8 Å². The predicted octanol–water partition coefficient (Wildman–Crippen LogP) is 1.07. The zero-order chi connectivity index (χ0) is 7.98. The molecule has 0 bridgehead atoms. The van der Waals surface area contributed by atoms with Crippen molar-refractivity contribution in [1.82, 2.24) is 0 Å². The Balaban J connectivity index is 0. The Morgan fingerprint density at radius 1 is 1.27 bits per heavy atom. The number of ether oxygens (including phenoxy) is 1. The van der Waals surface area contributed by atoms with Gasteiger partial charge in [-0.15, -0.1) is 0 Å². The number of ketones is 1. The number of rotatable bonds is 4. The lowest BCUT2D eigenvalue weighted by Gasteiger charge is -1.97. The third-order valence-corrected chi connectivity index (χ3v) is 1.04. The van der Waals surface area contributed by atoms with Crippen molar-refractivity contribution in [3.8, 4) is 0 Å². The molecule has 0 unspecified atom stereocenters. The van der Waals surface area contributed by atoms with Crippen LogP contribution in [0.1, 0.15) is 26.7 Å². The third-order valence-electron chi connectivity index (χ3n) is 1.04. The highest BCUT2D eigenvalue weighted by Gasteiger charge is 2.06. The van der Waals surface area contributed by atoms with E-state index in [9.17, 15) is 9.59 Å². The van der Waals surface area contributed by atoms with Gasteiger partial charge in [-0.25, -0.2) is 0 Å². The van der Waals surface area contributed by atoms with Crippen LogP contribution >= 0.6 is 0 Å². The Labute approximate surface area is 65.1 Å². The summed E-state index contributed by atoms with van der Waals surface area (Å²) in [4.78, 5) is 21.2. The lowest BCUT2D eigenvalue weighted by molar-refractivity contribution is -0.145. The van der Waals surface area contributed by atoms with Crippen molar-refractivity contribution in [2.24, 2.45) is 0 Å². The fourth-order valence-electron chi connectivity index (χ4n) is 0.498. The van der Waals surface area contributed by atoms with Crippen molar-refractivity contribution in [2.45, 2.75) is 26.7 Å². The molecule has 0 saturated carbocycles. The van der Waals surface area contributed by atoms with E-state index >= 15 is 0 Å². The van der Waals surface area contributed by atoms with Crippen LogP contribution in [0.2, 0.25) is 0 Å². The van der Waals surface area contributed by atoms with E-state index in [0.29, 0.717) is 13.0 Å². The van der Waals surface area contributed by atoms with Gasteiger partial charge < -0.3 is 4.74 Å². The molecule has 0 aliphatic carbocycles. The molecule has 0 saturated heterocycles. The molecule has 0 aromatic rings. The Morgan fingerprint density at radius 2 is 1.82 bits per heavy atom. The van der Waals surface area contributed by atoms with Gasteiger partial charge in [0.05, 0.1) is 6.61 Å². The lowest BCUT2D eigenvalue weighted by Crippen LogP contribution is -2.09. The van der Waals surface area contributed by atoms with E-state index in [1.807, 2.05) is 0 Å². The number of hydrogen-bond donors (Lipinski definition) is 0. The number of hydrogen-bond acceptors (Lipinski definition) is 3. The van der Waals surface area contributed by atoms with Crippen LogP contribution < -0.4 is 0 Å². The first-order valence-electron chi connectivity index (χ1n) is 3.38. The van der Waals surface area contributed by atoms with Crippen molar-refractivity contribution in [1.29, 1.82) is 0 Å². The van der Waals surface area contributed by atoms with E-state index < -0.39 is 5.97 Å². The van der Waals surface area contributed by atoms with Crippen LogP contribution in [0.5, 0.6) is 0 Å². The van der Waals surface area contributed by atoms with Crippen molar-refractivity contribution < 1.29 is 19.0 Å². The first-order valence-corrected chi connectivity index (χ1v) is 3.38. The molecule has 0 amide bonds. The van der Waals surface area contributed by atoms with E-state index in [-0.39, 0.29) is 16.9 Å². The number of esters is 1. The first-order chi connectivity index (χ1) is 4.70. The summed E-state index contributed by atoms with van der Waals surface area (Å²) in [6, 6.07) is 0. The second kappa shape index (κ2) is 7.18. The number of carbonyl (C=O) groups is 2. The molecule has 4 heteroatoms. The van der Waals surface area contributed by atoms with Crippen LogP contribution in [-0.2, 0) is 14.3 Å². The monoisotopic (exact) mass is 164 g/mol.